The van der Waals surface area contributed by atoms with Gasteiger partial charge >= 0.3 is 0 Å². The van der Waals surface area contributed by atoms with Gasteiger partial charge in [0.15, 0.2) is 5.82 Å². The highest BCUT2D eigenvalue weighted by Gasteiger charge is 2.05. The van der Waals surface area contributed by atoms with Crippen LogP contribution in [0.4, 0.5) is 11.5 Å². The molecule has 0 spiro atoms. The molecule has 0 unspecified atom stereocenters. The highest BCUT2D eigenvalue weighted by Crippen LogP contribution is 2.13. The summed E-state index contributed by atoms with van der Waals surface area (Å²) in [5, 5.41) is 10.1. The molecule has 0 radical (unpaired) electrons. The van der Waals surface area contributed by atoms with E-state index in [4.69, 9.17) is 5.73 Å². The number of nitrogens with two attached hydrogens (primary N) is 1. The standard InChI is InChI=1S/C13H14N4O/c14-11-5-2-1-4-10(11)7-8-13(18)16-12-6-3-9-15-17-12/h1-6,9H,7-8,14H2,(H,16,17,18). The van der Waals surface area contributed by atoms with Gasteiger partial charge in [-0.2, -0.15) is 5.10 Å². The third kappa shape index (κ3) is 3.28. The molecule has 0 saturated heterocycles. The van der Waals surface area contributed by atoms with Crippen LogP contribution in [0.1, 0.15) is 12.0 Å². The van der Waals surface area contributed by atoms with Crippen molar-refractivity contribution < 1.29 is 4.79 Å². The van der Waals surface area contributed by atoms with Crippen molar-refractivity contribution >= 4 is 17.4 Å². The summed E-state index contributed by atoms with van der Waals surface area (Å²) >= 11 is 0. The Morgan fingerprint density at radius 2 is 2.06 bits per heavy atom. The highest BCUT2D eigenvalue weighted by molar-refractivity contribution is 5.89. The van der Waals surface area contributed by atoms with Crippen molar-refractivity contribution in [3.63, 3.8) is 0 Å². The molecule has 2 rings (SSSR count). The van der Waals surface area contributed by atoms with Gasteiger partial charge in [0.25, 0.3) is 0 Å². The minimum absolute atomic E-state index is 0.0984. The van der Waals surface area contributed by atoms with Gasteiger partial charge in [-0.15, -0.1) is 5.10 Å². The SMILES string of the molecule is Nc1ccccc1CCC(=O)Nc1cccnn1. The molecule has 0 aliphatic heterocycles. The first-order valence-electron chi connectivity index (χ1n) is 5.66. The summed E-state index contributed by atoms with van der Waals surface area (Å²) in [6.07, 6.45) is 2.53. The molecular formula is C13H14N4O. The molecule has 0 aliphatic rings. The van der Waals surface area contributed by atoms with Crippen LogP contribution < -0.4 is 11.1 Å². The number of aromatic nitrogens is 2. The van der Waals surface area contributed by atoms with Gasteiger partial charge in [0, 0.05) is 18.3 Å². The lowest BCUT2D eigenvalue weighted by Crippen LogP contribution is -2.13. The van der Waals surface area contributed by atoms with Crippen molar-refractivity contribution in [1.82, 2.24) is 10.2 Å². The number of nitrogen functional groups attached to an aromatic ring is 1. The van der Waals surface area contributed by atoms with Gasteiger partial charge in [-0.3, -0.25) is 4.79 Å². The van der Waals surface area contributed by atoms with Gasteiger partial charge in [0.05, 0.1) is 0 Å². The Morgan fingerprint density at radius 1 is 1.22 bits per heavy atom. The predicted molar refractivity (Wildman–Crippen MR) is 69.8 cm³/mol. The first-order valence-corrected chi connectivity index (χ1v) is 5.66. The number of nitrogens with one attached hydrogen (secondary N) is 1. The van der Waals surface area contributed by atoms with Crippen molar-refractivity contribution in [3.05, 3.63) is 48.2 Å². The lowest BCUT2D eigenvalue weighted by atomic mass is 10.1. The Hall–Kier alpha value is -2.43. The zero-order valence-corrected chi connectivity index (χ0v) is 9.84. The van der Waals surface area contributed by atoms with E-state index in [0.717, 1.165) is 5.56 Å². The largest absolute Gasteiger partial charge is 0.399 e. The average Bonchev–Trinajstić information content (AvgIpc) is 2.39. The number of anilines is 2. The summed E-state index contributed by atoms with van der Waals surface area (Å²) in [5.74, 6) is 0.363. The smallest absolute Gasteiger partial charge is 0.225 e. The molecule has 1 aromatic heterocycles. The van der Waals surface area contributed by atoms with E-state index in [0.29, 0.717) is 24.3 Å². The van der Waals surface area contributed by atoms with Gasteiger partial charge < -0.3 is 11.1 Å². The predicted octanol–water partition coefficient (Wildman–Crippen LogP) is 1.63. The van der Waals surface area contributed by atoms with Gasteiger partial charge in [-0.05, 0) is 30.2 Å². The molecule has 0 bridgehead atoms. The third-order valence-electron chi connectivity index (χ3n) is 2.52. The number of carbonyl (C=O) groups is 1. The Labute approximate surface area is 105 Å². The van der Waals surface area contributed by atoms with Crippen molar-refractivity contribution in [2.45, 2.75) is 12.8 Å². The Balaban J connectivity index is 1.88. The summed E-state index contributed by atoms with van der Waals surface area (Å²) in [6.45, 7) is 0. The van der Waals surface area contributed by atoms with E-state index in [1.54, 1.807) is 18.3 Å². The summed E-state index contributed by atoms with van der Waals surface area (Å²) < 4.78 is 0. The van der Waals surface area contributed by atoms with E-state index in [9.17, 15) is 4.79 Å². The molecule has 5 heteroatoms. The summed E-state index contributed by atoms with van der Waals surface area (Å²) in [4.78, 5) is 11.7. The van der Waals surface area contributed by atoms with Gasteiger partial charge in [0.2, 0.25) is 5.91 Å². The molecule has 18 heavy (non-hydrogen) atoms. The maximum absolute atomic E-state index is 11.7. The summed E-state index contributed by atoms with van der Waals surface area (Å²) in [5.41, 5.74) is 7.50. The second kappa shape index (κ2) is 5.77. The van der Waals surface area contributed by atoms with Crippen LogP contribution in [0.5, 0.6) is 0 Å². The van der Waals surface area contributed by atoms with Gasteiger partial charge in [-0.1, -0.05) is 18.2 Å². The van der Waals surface area contributed by atoms with Crippen LogP contribution >= 0.6 is 0 Å². The minimum Gasteiger partial charge on any atom is -0.399 e. The molecule has 0 atom stereocenters. The molecular weight excluding hydrogens is 228 g/mol. The lowest BCUT2D eigenvalue weighted by Gasteiger charge is -2.05. The molecule has 5 nitrogen and oxygen atoms in total. The summed E-state index contributed by atoms with van der Waals surface area (Å²) in [6, 6.07) is 10.9. The number of carbonyl (C=O) groups excluding carboxylic acids is 1. The number of amides is 1. The number of aryl methyl sites for hydroxylation is 1. The summed E-state index contributed by atoms with van der Waals surface area (Å²) in [7, 11) is 0. The lowest BCUT2D eigenvalue weighted by molar-refractivity contribution is -0.116. The normalized spacial score (nSPS) is 10.0. The van der Waals surface area contributed by atoms with Crippen LogP contribution in [0.3, 0.4) is 0 Å². The number of para-hydroxylation sites is 1. The highest BCUT2D eigenvalue weighted by atomic mass is 16.1. The first kappa shape index (κ1) is 12.0. The Bertz CT molecular complexity index is 528. The Kier molecular flexibility index (Phi) is 3.86. The van der Waals surface area contributed by atoms with E-state index in [1.807, 2.05) is 24.3 Å². The third-order valence-corrected chi connectivity index (χ3v) is 2.52. The van der Waals surface area contributed by atoms with Crippen molar-refractivity contribution in [1.29, 1.82) is 0 Å². The van der Waals surface area contributed by atoms with Crippen LogP contribution in [-0.2, 0) is 11.2 Å². The van der Waals surface area contributed by atoms with Gasteiger partial charge in [-0.25, -0.2) is 0 Å². The number of nitrogens with zero attached hydrogens (tertiary/aromatic N) is 2. The van der Waals surface area contributed by atoms with E-state index in [1.165, 1.54) is 0 Å². The van der Waals surface area contributed by atoms with Crippen molar-refractivity contribution in [2.75, 3.05) is 11.1 Å². The first-order chi connectivity index (χ1) is 8.75. The van der Waals surface area contributed by atoms with E-state index in [-0.39, 0.29) is 5.91 Å². The molecule has 92 valence electrons. The van der Waals surface area contributed by atoms with Crippen molar-refractivity contribution in [3.8, 4) is 0 Å². The zero-order chi connectivity index (χ0) is 12.8. The maximum atomic E-state index is 11.7. The van der Waals surface area contributed by atoms with E-state index < -0.39 is 0 Å². The topological polar surface area (TPSA) is 80.9 Å². The van der Waals surface area contributed by atoms with Crippen LogP contribution in [0.25, 0.3) is 0 Å². The number of benzene rings is 1. The fourth-order valence-corrected chi connectivity index (χ4v) is 1.58. The molecule has 0 saturated carbocycles. The number of hydrogen-bond donors (Lipinski definition) is 2. The second-order valence-electron chi connectivity index (χ2n) is 3.86. The molecule has 1 heterocycles. The van der Waals surface area contributed by atoms with Crippen LogP contribution in [-0.4, -0.2) is 16.1 Å². The van der Waals surface area contributed by atoms with E-state index >= 15 is 0 Å². The fraction of sp³-hybridized carbons (Fsp3) is 0.154. The minimum atomic E-state index is -0.0984. The molecule has 2 aromatic rings. The van der Waals surface area contributed by atoms with Crippen LogP contribution in [0.15, 0.2) is 42.6 Å². The zero-order valence-electron chi connectivity index (χ0n) is 9.84. The maximum Gasteiger partial charge on any atom is 0.225 e. The number of rotatable bonds is 4. The molecule has 0 fully saturated rings. The van der Waals surface area contributed by atoms with Crippen molar-refractivity contribution in [2.24, 2.45) is 0 Å². The average molecular weight is 242 g/mol. The van der Waals surface area contributed by atoms with Crippen LogP contribution in [0.2, 0.25) is 0 Å². The second-order valence-corrected chi connectivity index (χ2v) is 3.86. The van der Waals surface area contributed by atoms with Crippen LogP contribution in [0, 0.1) is 0 Å². The Morgan fingerprint density at radius 3 is 2.78 bits per heavy atom. The molecule has 3 N–H and O–H groups in total. The monoisotopic (exact) mass is 242 g/mol. The van der Waals surface area contributed by atoms with Gasteiger partial charge in [0.1, 0.15) is 0 Å². The van der Waals surface area contributed by atoms with E-state index in [2.05, 4.69) is 15.5 Å². The molecule has 1 amide bonds. The fourth-order valence-electron chi connectivity index (χ4n) is 1.58. The molecule has 1 aromatic carbocycles. The molecule has 0 aliphatic carbocycles. The number of hydrogen-bond acceptors (Lipinski definition) is 4. The quantitative estimate of drug-likeness (QED) is 0.798.